The zero-order chi connectivity index (χ0) is 20.0. The number of nitrogens with zero attached hydrogens (tertiary/aromatic N) is 5. The maximum absolute atomic E-state index is 13.5. The highest BCUT2D eigenvalue weighted by Crippen LogP contribution is 2.41. The van der Waals surface area contributed by atoms with Crippen molar-refractivity contribution in [3.05, 3.63) is 60.4 Å². The molecule has 0 N–H and O–H groups in total. The Labute approximate surface area is 169 Å². The molecule has 0 aliphatic heterocycles. The first-order valence-corrected chi connectivity index (χ1v) is 11.3. The summed E-state index contributed by atoms with van der Waals surface area (Å²) in [6.45, 7) is 2.26. The molecule has 0 saturated heterocycles. The van der Waals surface area contributed by atoms with E-state index in [9.17, 15) is 8.42 Å². The molecule has 0 atom stereocenters. The third kappa shape index (κ3) is 2.95. The molecule has 2 heterocycles. The minimum atomic E-state index is -3.78. The minimum Gasteiger partial charge on any atom is -0.274 e. The smallest absolute Gasteiger partial charge is 0.265 e. The zero-order valence-corrected chi connectivity index (χ0v) is 16.9. The van der Waals surface area contributed by atoms with Gasteiger partial charge in [0.2, 0.25) is 5.65 Å². The Hall–Kier alpha value is -3.00. The molecule has 1 aliphatic rings. The molecule has 0 spiro atoms. The number of fused-ring (bicyclic) bond motifs is 3. The van der Waals surface area contributed by atoms with Crippen LogP contribution in [0, 0.1) is 0 Å². The van der Waals surface area contributed by atoms with Gasteiger partial charge in [0, 0.05) is 12.5 Å². The van der Waals surface area contributed by atoms with E-state index in [0.717, 1.165) is 29.7 Å². The lowest BCUT2D eigenvalue weighted by Crippen LogP contribution is -2.33. The highest BCUT2D eigenvalue weighted by Gasteiger charge is 2.33. The second kappa shape index (κ2) is 6.81. The first-order chi connectivity index (χ1) is 14.1. The van der Waals surface area contributed by atoms with Crippen LogP contribution in [0.3, 0.4) is 0 Å². The SMILES string of the molecule is CCCN(c1nc2ccccc2n2c(C3CC3)nnc12)S(=O)(=O)c1ccccc1. The molecule has 29 heavy (non-hydrogen) atoms. The first-order valence-electron chi connectivity index (χ1n) is 9.83. The molecule has 8 heteroatoms. The predicted octanol–water partition coefficient (Wildman–Crippen LogP) is 3.76. The summed E-state index contributed by atoms with van der Waals surface area (Å²) in [5.41, 5.74) is 2.10. The van der Waals surface area contributed by atoms with E-state index >= 15 is 0 Å². The van der Waals surface area contributed by atoms with Crippen molar-refractivity contribution in [1.29, 1.82) is 0 Å². The second-order valence-electron chi connectivity index (χ2n) is 7.31. The van der Waals surface area contributed by atoms with Crippen LogP contribution in [0.4, 0.5) is 5.82 Å². The van der Waals surface area contributed by atoms with Crippen LogP contribution in [0.2, 0.25) is 0 Å². The maximum atomic E-state index is 13.5. The van der Waals surface area contributed by atoms with E-state index in [0.29, 0.717) is 30.3 Å². The van der Waals surface area contributed by atoms with Crippen LogP contribution >= 0.6 is 0 Å². The van der Waals surface area contributed by atoms with E-state index in [1.54, 1.807) is 30.3 Å². The van der Waals surface area contributed by atoms with Gasteiger partial charge in [-0.1, -0.05) is 37.3 Å². The van der Waals surface area contributed by atoms with E-state index in [1.165, 1.54) is 4.31 Å². The molecule has 0 bridgehead atoms. The molecule has 0 unspecified atom stereocenters. The Bertz CT molecular complexity index is 1300. The molecule has 148 valence electrons. The summed E-state index contributed by atoms with van der Waals surface area (Å²) in [5.74, 6) is 1.58. The van der Waals surface area contributed by atoms with E-state index < -0.39 is 10.0 Å². The quantitative estimate of drug-likeness (QED) is 0.486. The average molecular weight is 407 g/mol. The summed E-state index contributed by atoms with van der Waals surface area (Å²) in [5, 5.41) is 8.80. The molecule has 1 saturated carbocycles. The number of para-hydroxylation sites is 2. The zero-order valence-electron chi connectivity index (χ0n) is 16.1. The van der Waals surface area contributed by atoms with Crippen LogP contribution < -0.4 is 4.31 Å². The van der Waals surface area contributed by atoms with Gasteiger partial charge in [0.15, 0.2) is 5.82 Å². The summed E-state index contributed by atoms with van der Waals surface area (Å²) in [6.07, 6.45) is 2.80. The van der Waals surface area contributed by atoms with Crippen molar-refractivity contribution in [2.75, 3.05) is 10.8 Å². The Morgan fingerprint density at radius 2 is 1.76 bits per heavy atom. The van der Waals surface area contributed by atoms with Crippen LogP contribution in [0.5, 0.6) is 0 Å². The van der Waals surface area contributed by atoms with E-state index in [-0.39, 0.29) is 4.90 Å². The van der Waals surface area contributed by atoms with Gasteiger partial charge in [-0.2, -0.15) is 0 Å². The molecular weight excluding hydrogens is 386 g/mol. The van der Waals surface area contributed by atoms with Gasteiger partial charge in [-0.25, -0.2) is 17.7 Å². The van der Waals surface area contributed by atoms with E-state index in [1.807, 2.05) is 35.6 Å². The Balaban J connectivity index is 1.79. The molecule has 4 aromatic rings. The highest BCUT2D eigenvalue weighted by atomic mass is 32.2. The standard InChI is InChI=1S/C21H21N5O2S/c1-2-14-25(29(27,28)16-8-4-3-5-9-16)20-21-24-23-19(15-12-13-15)26(21)18-11-7-6-10-17(18)22-20/h3-11,15H,2,12-14H2,1H3. The molecule has 7 nitrogen and oxygen atoms in total. The molecular formula is C21H21N5O2S. The van der Waals surface area contributed by atoms with Crippen LogP contribution in [-0.4, -0.2) is 34.5 Å². The molecule has 5 rings (SSSR count). The Kier molecular flexibility index (Phi) is 4.24. The van der Waals surface area contributed by atoms with Crippen LogP contribution in [0.15, 0.2) is 59.5 Å². The highest BCUT2D eigenvalue weighted by molar-refractivity contribution is 7.92. The van der Waals surface area contributed by atoms with Gasteiger partial charge in [0.05, 0.1) is 15.9 Å². The van der Waals surface area contributed by atoms with Crippen LogP contribution in [0.1, 0.15) is 37.9 Å². The normalized spacial score (nSPS) is 14.5. The van der Waals surface area contributed by atoms with Crippen molar-refractivity contribution < 1.29 is 8.42 Å². The fraction of sp³-hybridized carbons (Fsp3) is 0.286. The topological polar surface area (TPSA) is 80.5 Å². The van der Waals surface area contributed by atoms with Crippen LogP contribution in [-0.2, 0) is 10.0 Å². The monoisotopic (exact) mass is 407 g/mol. The Morgan fingerprint density at radius 3 is 2.48 bits per heavy atom. The van der Waals surface area contributed by atoms with Gasteiger partial charge in [-0.15, -0.1) is 10.2 Å². The van der Waals surface area contributed by atoms with Crippen molar-refractivity contribution in [2.24, 2.45) is 0 Å². The summed E-state index contributed by atoms with van der Waals surface area (Å²) in [6, 6.07) is 16.2. The number of hydrogen-bond donors (Lipinski definition) is 0. The molecule has 2 aromatic carbocycles. The average Bonchev–Trinajstić information content (AvgIpc) is 3.50. The summed E-state index contributed by atoms with van der Waals surface area (Å²) in [7, 11) is -3.78. The third-order valence-electron chi connectivity index (χ3n) is 5.17. The predicted molar refractivity (Wildman–Crippen MR) is 112 cm³/mol. The van der Waals surface area contributed by atoms with Crippen molar-refractivity contribution in [2.45, 2.75) is 37.0 Å². The number of aromatic nitrogens is 4. The van der Waals surface area contributed by atoms with Gasteiger partial charge in [0.25, 0.3) is 10.0 Å². The van der Waals surface area contributed by atoms with Crippen molar-refractivity contribution in [3.8, 4) is 0 Å². The lowest BCUT2D eigenvalue weighted by molar-refractivity contribution is 0.589. The lowest BCUT2D eigenvalue weighted by atomic mass is 10.3. The van der Waals surface area contributed by atoms with Gasteiger partial charge < -0.3 is 0 Å². The third-order valence-corrected chi connectivity index (χ3v) is 6.98. The summed E-state index contributed by atoms with van der Waals surface area (Å²) < 4.78 is 30.3. The number of sulfonamides is 1. The van der Waals surface area contributed by atoms with Crippen molar-refractivity contribution >= 4 is 32.5 Å². The number of anilines is 1. The molecule has 2 aromatic heterocycles. The summed E-state index contributed by atoms with van der Waals surface area (Å²) >= 11 is 0. The first kappa shape index (κ1) is 18.1. The Morgan fingerprint density at radius 1 is 1.03 bits per heavy atom. The number of benzene rings is 2. The van der Waals surface area contributed by atoms with Gasteiger partial charge >= 0.3 is 0 Å². The fourth-order valence-corrected chi connectivity index (χ4v) is 5.16. The van der Waals surface area contributed by atoms with Gasteiger partial charge in [0.1, 0.15) is 5.82 Å². The van der Waals surface area contributed by atoms with Crippen molar-refractivity contribution in [1.82, 2.24) is 19.6 Å². The largest absolute Gasteiger partial charge is 0.274 e. The van der Waals surface area contributed by atoms with Gasteiger partial charge in [-0.3, -0.25) is 4.40 Å². The minimum absolute atomic E-state index is 0.239. The number of rotatable bonds is 6. The molecule has 1 fully saturated rings. The fourth-order valence-electron chi connectivity index (χ4n) is 3.63. The van der Waals surface area contributed by atoms with E-state index in [2.05, 4.69) is 10.2 Å². The molecule has 1 aliphatic carbocycles. The second-order valence-corrected chi connectivity index (χ2v) is 9.17. The lowest BCUT2D eigenvalue weighted by Gasteiger charge is -2.23. The molecule has 0 amide bonds. The summed E-state index contributed by atoms with van der Waals surface area (Å²) in [4.78, 5) is 4.97. The maximum Gasteiger partial charge on any atom is 0.265 e. The molecule has 0 radical (unpaired) electrons. The van der Waals surface area contributed by atoms with Crippen molar-refractivity contribution in [3.63, 3.8) is 0 Å². The van der Waals surface area contributed by atoms with Gasteiger partial charge in [-0.05, 0) is 43.5 Å². The van der Waals surface area contributed by atoms with E-state index in [4.69, 9.17) is 4.98 Å². The number of hydrogen-bond acceptors (Lipinski definition) is 5. The van der Waals surface area contributed by atoms with Crippen LogP contribution in [0.25, 0.3) is 16.7 Å².